The van der Waals surface area contributed by atoms with Crippen LogP contribution in [-0.4, -0.2) is 33.7 Å². The third-order valence-corrected chi connectivity index (χ3v) is 2.40. The third-order valence-electron chi connectivity index (χ3n) is 2.40. The normalized spacial score (nSPS) is 9.94. The molecule has 16 heavy (non-hydrogen) atoms. The molecule has 0 heterocycles. The number of nitrogens with one attached hydrogen (secondary N) is 1. The second-order valence-corrected chi connectivity index (χ2v) is 3.51. The molecule has 0 aliphatic heterocycles. The number of hydrogen-bond acceptors (Lipinski definition) is 3. The van der Waals surface area contributed by atoms with Gasteiger partial charge in [0.05, 0.1) is 7.11 Å². The Kier molecular flexibility index (Phi) is 4.79. The van der Waals surface area contributed by atoms with E-state index in [-0.39, 0.29) is 5.91 Å². The van der Waals surface area contributed by atoms with Crippen molar-refractivity contribution in [2.24, 2.45) is 0 Å². The van der Waals surface area contributed by atoms with Crippen molar-refractivity contribution in [3.05, 3.63) is 24.3 Å². The lowest BCUT2D eigenvalue weighted by molar-refractivity contribution is -0.118. The fraction of sp³-hybridized carbons (Fsp3) is 0.417. The molecule has 0 saturated carbocycles. The van der Waals surface area contributed by atoms with Crippen molar-refractivity contribution < 1.29 is 9.53 Å². The highest BCUT2D eigenvalue weighted by Gasteiger charge is 2.10. The fourth-order valence-electron chi connectivity index (χ4n) is 1.36. The number of carbonyl (C=O) groups excluding carboxylic acids is 1. The largest absolute Gasteiger partial charge is 0.497 e. The Balaban J connectivity index is 2.71. The first kappa shape index (κ1) is 12.5. The minimum Gasteiger partial charge on any atom is -0.497 e. The molecular formula is C12H18N2O2. The fourth-order valence-corrected chi connectivity index (χ4v) is 1.36. The Bertz CT molecular complexity index is 353. The molecule has 1 amide bonds. The van der Waals surface area contributed by atoms with Gasteiger partial charge in [0, 0.05) is 31.8 Å². The number of ether oxygens (including phenoxy) is 1. The molecule has 1 rings (SSSR count). The summed E-state index contributed by atoms with van der Waals surface area (Å²) in [5, 5.41) is 2.96. The molecule has 1 N–H and O–H groups in total. The zero-order valence-electron chi connectivity index (χ0n) is 9.99. The molecule has 0 spiro atoms. The predicted octanol–water partition coefficient (Wildman–Crippen LogP) is 1.27. The van der Waals surface area contributed by atoms with E-state index in [1.807, 2.05) is 31.3 Å². The number of benzene rings is 1. The first-order valence-electron chi connectivity index (χ1n) is 5.24. The van der Waals surface area contributed by atoms with Gasteiger partial charge in [-0.1, -0.05) is 6.07 Å². The first-order chi connectivity index (χ1) is 7.69. The van der Waals surface area contributed by atoms with Gasteiger partial charge in [-0.05, 0) is 19.2 Å². The molecule has 0 aromatic heterocycles. The minimum atomic E-state index is 0.0857. The van der Waals surface area contributed by atoms with Gasteiger partial charge in [0.1, 0.15) is 5.75 Å². The predicted molar refractivity (Wildman–Crippen MR) is 64.9 cm³/mol. The van der Waals surface area contributed by atoms with Crippen LogP contribution in [0.3, 0.4) is 0 Å². The molecule has 0 bridgehead atoms. The lowest BCUT2D eigenvalue weighted by atomic mass is 10.2. The number of rotatable bonds is 5. The van der Waals surface area contributed by atoms with Gasteiger partial charge in [0.15, 0.2) is 0 Å². The van der Waals surface area contributed by atoms with Crippen molar-refractivity contribution in [2.45, 2.75) is 6.42 Å². The number of hydrogen-bond donors (Lipinski definition) is 1. The first-order valence-corrected chi connectivity index (χ1v) is 5.24. The van der Waals surface area contributed by atoms with Crippen LogP contribution >= 0.6 is 0 Å². The van der Waals surface area contributed by atoms with E-state index in [9.17, 15) is 4.79 Å². The van der Waals surface area contributed by atoms with E-state index in [1.54, 1.807) is 19.1 Å². The molecule has 0 unspecified atom stereocenters. The van der Waals surface area contributed by atoms with Crippen molar-refractivity contribution in [2.75, 3.05) is 32.6 Å². The molecule has 1 aromatic carbocycles. The van der Waals surface area contributed by atoms with E-state index in [0.717, 1.165) is 11.4 Å². The average molecular weight is 222 g/mol. The van der Waals surface area contributed by atoms with E-state index in [0.29, 0.717) is 13.0 Å². The lowest BCUT2D eigenvalue weighted by Gasteiger charge is -2.17. The van der Waals surface area contributed by atoms with Gasteiger partial charge in [-0.15, -0.1) is 0 Å². The maximum Gasteiger partial charge on any atom is 0.227 e. The van der Waals surface area contributed by atoms with E-state index in [4.69, 9.17) is 4.74 Å². The summed E-state index contributed by atoms with van der Waals surface area (Å²) in [7, 11) is 5.22. The van der Waals surface area contributed by atoms with Crippen LogP contribution in [0.2, 0.25) is 0 Å². The highest BCUT2D eigenvalue weighted by Crippen LogP contribution is 2.20. The number of carbonyl (C=O) groups is 1. The summed E-state index contributed by atoms with van der Waals surface area (Å²) in [6.07, 6.45) is 0.490. The second-order valence-electron chi connectivity index (χ2n) is 3.51. The number of anilines is 1. The van der Waals surface area contributed by atoms with Gasteiger partial charge in [0.25, 0.3) is 0 Å². The molecule has 0 atom stereocenters. The van der Waals surface area contributed by atoms with Gasteiger partial charge in [-0.3, -0.25) is 4.79 Å². The average Bonchev–Trinajstić information content (AvgIpc) is 2.35. The van der Waals surface area contributed by atoms with E-state index < -0.39 is 0 Å². The molecule has 4 heteroatoms. The summed E-state index contributed by atoms with van der Waals surface area (Å²) < 4.78 is 5.12. The Morgan fingerprint density at radius 3 is 2.88 bits per heavy atom. The van der Waals surface area contributed by atoms with Crippen LogP contribution < -0.4 is 15.0 Å². The molecule has 0 fully saturated rings. The van der Waals surface area contributed by atoms with E-state index >= 15 is 0 Å². The highest BCUT2D eigenvalue weighted by molar-refractivity contribution is 5.93. The summed E-state index contributed by atoms with van der Waals surface area (Å²) >= 11 is 0. The molecule has 1 aromatic rings. The number of methoxy groups -OCH3 is 1. The van der Waals surface area contributed by atoms with Gasteiger partial charge in [-0.2, -0.15) is 0 Å². The Labute approximate surface area is 96.2 Å². The topological polar surface area (TPSA) is 41.6 Å². The molecule has 0 saturated heterocycles. The number of amides is 1. The quantitative estimate of drug-likeness (QED) is 0.815. The lowest BCUT2D eigenvalue weighted by Crippen LogP contribution is -2.28. The molecule has 0 radical (unpaired) electrons. The van der Waals surface area contributed by atoms with Crippen LogP contribution in [0.5, 0.6) is 5.75 Å². The van der Waals surface area contributed by atoms with Crippen LogP contribution in [0, 0.1) is 0 Å². The summed E-state index contributed by atoms with van der Waals surface area (Å²) in [6, 6.07) is 7.46. The van der Waals surface area contributed by atoms with Crippen LogP contribution in [0.1, 0.15) is 6.42 Å². The summed E-state index contributed by atoms with van der Waals surface area (Å²) in [6.45, 7) is 0.688. The van der Waals surface area contributed by atoms with Crippen molar-refractivity contribution in [3.8, 4) is 5.75 Å². The molecule has 0 aliphatic carbocycles. The summed E-state index contributed by atoms with van der Waals surface area (Å²) in [4.78, 5) is 13.4. The number of nitrogens with zero attached hydrogens (tertiary/aromatic N) is 1. The van der Waals surface area contributed by atoms with Crippen LogP contribution in [-0.2, 0) is 4.79 Å². The zero-order valence-corrected chi connectivity index (χ0v) is 9.99. The van der Waals surface area contributed by atoms with Crippen LogP contribution in [0.4, 0.5) is 5.69 Å². The Morgan fingerprint density at radius 1 is 1.50 bits per heavy atom. The molecule has 4 nitrogen and oxygen atoms in total. The smallest absolute Gasteiger partial charge is 0.227 e. The van der Waals surface area contributed by atoms with Gasteiger partial charge in [-0.25, -0.2) is 0 Å². The van der Waals surface area contributed by atoms with Crippen molar-refractivity contribution in [3.63, 3.8) is 0 Å². The summed E-state index contributed by atoms with van der Waals surface area (Å²) in [5.41, 5.74) is 0.848. The standard InChI is InChI=1S/C12H18N2O2/c1-13-8-7-12(15)14(2)10-5-4-6-11(9-10)16-3/h4-6,9,13H,7-8H2,1-3H3. The van der Waals surface area contributed by atoms with Crippen LogP contribution in [0.25, 0.3) is 0 Å². The Morgan fingerprint density at radius 2 is 2.25 bits per heavy atom. The van der Waals surface area contributed by atoms with E-state index in [2.05, 4.69) is 5.32 Å². The van der Waals surface area contributed by atoms with Crippen molar-refractivity contribution in [1.29, 1.82) is 0 Å². The van der Waals surface area contributed by atoms with Gasteiger partial charge >= 0.3 is 0 Å². The van der Waals surface area contributed by atoms with Crippen molar-refractivity contribution >= 4 is 11.6 Å². The van der Waals surface area contributed by atoms with Crippen LogP contribution in [0.15, 0.2) is 24.3 Å². The SMILES string of the molecule is CNCCC(=O)N(C)c1cccc(OC)c1. The second kappa shape index (κ2) is 6.12. The highest BCUT2D eigenvalue weighted by atomic mass is 16.5. The maximum atomic E-state index is 11.7. The molecular weight excluding hydrogens is 204 g/mol. The Hall–Kier alpha value is -1.55. The zero-order chi connectivity index (χ0) is 12.0. The van der Waals surface area contributed by atoms with Gasteiger partial charge in [0.2, 0.25) is 5.91 Å². The monoisotopic (exact) mass is 222 g/mol. The molecule has 88 valence electrons. The van der Waals surface area contributed by atoms with E-state index in [1.165, 1.54) is 0 Å². The van der Waals surface area contributed by atoms with Gasteiger partial charge < -0.3 is 15.0 Å². The molecule has 0 aliphatic rings. The minimum absolute atomic E-state index is 0.0857. The maximum absolute atomic E-state index is 11.7. The van der Waals surface area contributed by atoms with Crippen molar-refractivity contribution in [1.82, 2.24) is 5.32 Å². The third kappa shape index (κ3) is 3.24. The summed E-state index contributed by atoms with van der Waals surface area (Å²) in [5.74, 6) is 0.841.